The first-order valence-corrected chi connectivity index (χ1v) is 9.14. The number of esters is 2. The van der Waals surface area contributed by atoms with Crippen LogP contribution in [0, 0.1) is 0 Å². The van der Waals surface area contributed by atoms with Crippen molar-refractivity contribution in [3.8, 4) is 11.5 Å². The van der Waals surface area contributed by atoms with Gasteiger partial charge in [-0.05, 0) is 39.8 Å². The standard InChI is InChI=1S/C21H27NO6/c1-7-27-20(23)16-12(3)22-13(4)17(21(24)28-8-2)19(16)18-14(25-5)10-9-11-15(18)26-6/h9-11,19,22H,7-8H2,1-6H3. The van der Waals surface area contributed by atoms with Crippen molar-refractivity contribution in [2.24, 2.45) is 0 Å². The first-order valence-electron chi connectivity index (χ1n) is 9.14. The molecule has 2 rings (SSSR count). The highest BCUT2D eigenvalue weighted by Crippen LogP contribution is 2.46. The van der Waals surface area contributed by atoms with E-state index in [1.165, 1.54) is 14.2 Å². The number of ether oxygens (including phenoxy) is 4. The fourth-order valence-corrected chi connectivity index (χ4v) is 3.41. The van der Waals surface area contributed by atoms with Crippen molar-refractivity contribution in [1.29, 1.82) is 0 Å². The van der Waals surface area contributed by atoms with Gasteiger partial charge in [0.2, 0.25) is 0 Å². The summed E-state index contributed by atoms with van der Waals surface area (Å²) in [6.07, 6.45) is 0. The van der Waals surface area contributed by atoms with E-state index in [0.717, 1.165) is 0 Å². The highest BCUT2D eigenvalue weighted by Gasteiger charge is 2.40. The Balaban J connectivity index is 2.81. The summed E-state index contributed by atoms with van der Waals surface area (Å²) in [5, 5.41) is 3.11. The van der Waals surface area contributed by atoms with E-state index in [1.54, 1.807) is 45.9 Å². The van der Waals surface area contributed by atoms with Crippen LogP contribution in [0.1, 0.15) is 39.2 Å². The molecule has 7 heteroatoms. The first-order chi connectivity index (χ1) is 13.4. The smallest absolute Gasteiger partial charge is 0.336 e. The Hall–Kier alpha value is -2.96. The maximum absolute atomic E-state index is 12.8. The zero-order valence-corrected chi connectivity index (χ0v) is 17.2. The largest absolute Gasteiger partial charge is 0.496 e. The third kappa shape index (κ3) is 3.98. The van der Waals surface area contributed by atoms with Gasteiger partial charge in [0, 0.05) is 17.0 Å². The number of carbonyl (C=O) groups is 2. The number of carbonyl (C=O) groups excluding carboxylic acids is 2. The van der Waals surface area contributed by atoms with Crippen molar-refractivity contribution in [2.75, 3.05) is 27.4 Å². The monoisotopic (exact) mass is 389 g/mol. The lowest BCUT2D eigenvalue weighted by atomic mass is 9.79. The van der Waals surface area contributed by atoms with Crippen molar-refractivity contribution in [3.63, 3.8) is 0 Å². The van der Waals surface area contributed by atoms with E-state index in [0.29, 0.717) is 39.6 Å². The Bertz CT molecular complexity index is 762. The predicted octanol–water partition coefficient (Wildman–Crippen LogP) is 3.06. The number of hydrogen-bond donors (Lipinski definition) is 1. The minimum Gasteiger partial charge on any atom is -0.496 e. The van der Waals surface area contributed by atoms with Crippen molar-refractivity contribution >= 4 is 11.9 Å². The fraction of sp³-hybridized carbons (Fsp3) is 0.429. The second kappa shape index (κ2) is 9.30. The normalized spacial score (nSPS) is 14.5. The molecule has 0 saturated heterocycles. The van der Waals surface area contributed by atoms with Gasteiger partial charge in [0.25, 0.3) is 0 Å². The summed E-state index contributed by atoms with van der Waals surface area (Å²) in [6, 6.07) is 5.30. The minimum atomic E-state index is -0.759. The molecule has 1 N–H and O–H groups in total. The summed E-state index contributed by atoms with van der Waals surface area (Å²) in [5.41, 5.74) is 2.40. The first kappa shape index (κ1) is 21.3. The van der Waals surface area contributed by atoms with Gasteiger partial charge in [-0.15, -0.1) is 0 Å². The predicted molar refractivity (Wildman–Crippen MR) is 104 cm³/mol. The molecule has 0 unspecified atom stereocenters. The summed E-state index contributed by atoms with van der Waals surface area (Å²) in [7, 11) is 3.06. The minimum absolute atomic E-state index is 0.211. The fourth-order valence-electron chi connectivity index (χ4n) is 3.41. The molecule has 1 aliphatic rings. The number of hydrogen-bond acceptors (Lipinski definition) is 7. The maximum atomic E-state index is 12.8. The Morgan fingerprint density at radius 1 is 0.893 bits per heavy atom. The van der Waals surface area contributed by atoms with Gasteiger partial charge in [0.05, 0.1) is 44.5 Å². The molecular weight excluding hydrogens is 362 g/mol. The van der Waals surface area contributed by atoms with Crippen LogP contribution in [0.3, 0.4) is 0 Å². The quantitative estimate of drug-likeness (QED) is 0.718. The van der Waals surface area contributed by atoms with Gasteiger partial charge in [-0.25, -0.2) is 9.59 Å². The molecule has 152 valence electrons. The van der Waals surface area contributed by atoms with Crippen LogP contribution in [0.25, 0.3) is 0 Å². The van der Waals surface area contributed by atoms with Crippen molar-refractivity contribution in [2.45, 2.75) is 33.6 Å². The van der Waals surface area contributed by atoms with E-state index in [2.05, 4.69) is 5.32 Å². The Kier molecular flexibility index (Phi) is 7.09. The highest BCUT2D eigenvalue weighted by molar-refractivity contribution is 6.00. The highest BCUT2D eigenvalue weighted by atomic mass is 16.5. The van der Waals surface area contributed by atoms with Crippen LogP contribution in [0.2, 0.25) is 0 Å². The van der Waals surface area contributed by atoms with Crippen molar-refractivity contribution in [1.82, 2.24) is 5.32 Å². The van der Waals surface area contributed by atoms with Gasteiger partial charge in [0.15, 0.2) is 0 Å². The lowest BCUT2D eigenvalue weighted by Gasteiger charge is -2.31. The second-order valence-electron chi connectivity index (χ2n) is 6.15. The molecule has 0 aromatic heterocycles. The van der Waals surface area contributed by atoms with Crippen LogP contribution < -0.4 is 14.8 Å². The topological polar surface area (TPSA) is 83.1 Å². The second-order valence-corrected chi connectivity index (χ2v) is 6.15. The molecule has 0 atom stereocenters. The van der Waals surface area contributed by atoms with E-state index >= 15 is 0 Å². The molecule has 1 aliphatic heterocycles. The van der Waals surface area contributed by atoms with E-state index < -0.39 is 17.9 Å². The Labute approximate surface area is 165 Å². The summed E-state index contributed by atoms with van der Waals surface area (Å²) in [4.78, 5) is 25.7. The zero-order chi connectivity index (χ0) is 20.8. The number of dihydropyridines is 1. The average molecular weight is 389 g/mol. The van der Waals surface area contributed by atoms with Crippen molar-refractivity contribution < 1.29 is 28.5 Å². The average Bonchev–Trinajstić information content (AvgIpc) is 2.66. The molecule has 0 spiro atoms. The zero-order valence-electron chi connectivity index (χ0n) is 17.2. The summed E-state index contributed by atoms with van der Waals surface area (Å²) in [6.45, 7) is 7.43. The van der Waals surface area contributed by atoms with Gasteiger partial charge >= 0.3 is 11.9 Å². The van der Waals surface area contributed by atoms with Crippen LogP contribution in [-0.2, 0) is 19.1 Å². The summed E-state index contributed by atoms with van der Waals surface area (Å²) < 4.78 is 21.6. The van der Waals surface area contributed by atoms with E-state index in [9.17, 15) is 9.59 Å². The molecule has 0 aliphatic carbocycles. The van der Waals surface area contributed by atoms with Gasteiger partial charge in [-0.1, -0.05) is 6.07 Å². The molecule has 1 heterocycles. The van der Waals surface area contributed by atoms with Crippen LogP contribution in [0.4, 0.5) is 0 Å². The molecule has 1 aromatic carbocycles. The van der Waals surface area contributed by atoms with Crippen LogP contribution in [-0.4, -0.2) is 39.4 Å². The third-order valence-electron chi connectivity index (χ3n) is 4.51. The van der Waals surface area contributed by atoms with Crippen LogP contribution in [0.15, 0.2) is 40.7 Å². The SMILES string of the molecule is CCOC(=O)C1=C(C)NC(C)=C(C(=O)OCC)C1c1c(OC)cccc1OC. The summed E-state index contributed by atoms with van der Waals surface area (Å²) in [5.74, 6) is -0.796. The van der Waals surface area contributed by atoms with Gasteiger partial charge in [-0.2, -0.15) is 0 Å². The number of benzene rings is 1. The molecule has 1 aromatic rings. The molecule has 0 amide bonds. The molecule has 0 bridgehead atoms. The number of allylic oxidation sites excluding steroid dienone is 2. The van der Waals surface area contributed by atoms with Crippen LogP contribution in [0.5, 0.6) is 11.5 Å². The van der Waals surface area contributed by atoms with Gasteiger partial charge in [-0.3, -0.25) is 0 Å². The van der Waals surface area contributed by atoms with Crippen LogP contribution >= 0.6 is 0 Å². The Morgan fingerprint density at radius 3 is 1.68 bits per heavy atom. The van der Waals surface area contributed by atoms with E-state index in [4.69, 9.17) is 18.9 Å². The Morgan fingerprint density at radius 2 is 1.32 bits per heavy atom. The van der Waals surface area contributed by atoms with E-state index in [-0.39, 0.29) is 13.2 Å². The number of rotatable bonds is 7. The molecule has 0 fully saturated rings. The molecule has 0 radical (unpaired) electrons. The summed E-state index contributed by atoms with van der Waals surface area (Å²) >= 11 is 0. The van der Waals surface area contributed by atoms with Gasteiger partial charge in [0.1, 0.15) is 11.5 Å². The molecule has 0 saturated carbocycles. The third-order valence-corrected chi connectivity index (χ3v) is 4.51. The van der Waals surface area contributed by atoms with Crippen molar-refractivity contribution in [3.05, 3.63) is 46.3 Å². The number of methoxy groups -OCH3 is 2. The molecule has 28 heavy (non-hydrogen) atoms. The maximum Gasteiger partial charge on any atom is 0.336 e. The number of nitrogens with one attached hydrogen (secondary N) is 1. The van der Waals surface area contributed by atoms with E-state index in [1.807, 2.05) is 0 Å². The lowest BCUT2D eigenvalue weighted by molar-refractivity contribution is -0.139. The lowest BCUT2D eigenvalue weighted by Crippen LogP contribution is -2.33. The molecule has 7 nitrogen and oxygen atoms in total. The van der Waals surface area contributed by atoms with Gasteiger partial charge < -0.3 is 24.3 Å². The molecular formula is C21H27NO6.